The third kappa shape index (κ3) is 3.83. The monoisotopic (exact) mass is 407 g/mol. The standard InChI is InChI=1S/C21H22FN7O/c22-16-3-7-18(8-4-16)27-11-13-28(14-12-27)21(30)23-17-5-1-15(2-6-17)20-24-25-26-29(20)19-9-10-19/h1-8,19H,9-14H2,(H,23,30). The summed E-state index contributed by atoms with van der Waals surface area (Å²) in [6.07, 6.45) is 2.22. The van der Waals surface area contributed by atoms with Crippen LogP contribution in [0.3, 0.4) is 0 Å². The molecule has 0 spiro atoms. The zero-order valence-corrected chi connectivity index (χ0v) is 16.4. The summed E-state index contributed by atoms with van der Waals surface area (Å²) in [5.74, 6) is 0.513. The van der Waals surface area contributed by atoms with Crippen LogP contribution in [0.4, 0.5) is 20.6 Å². The fourth-order valence-corrected chi connectivity index (χ4v) is 3.67. The van der Waals surface area contributed by atoms with E-state index in [0.29, 0.717) is 32.2 Å². The Morgan fingerprint density at radius 1 is 0.967 bits per heavy atom. The molecule has 1 aromatic heterocycles. The van der Waals surface area contributed by atoms with E-state index in [9.17, 15) is 9.18 Å². The van der Waals surface area contributed by atoms with E-state index in [1.54, 1.807) is 17.0 Å². The highest BCUT2D eigenvalue weighted by molar-refractivity contribution is 5.89. The summed E-state index contributed by atoms with van der Waals surface area (Å²) >= 11 is 0. The van der Waals surface area contributed by atoms with Gasteiger partial charge in [-0.2, -0.15) is 0 Å². The number of hydrogen-bond donors (Lipinski definition) is 1. The first-order valence-corrected chi connectivity index (χ1v) is 10.1. The van der Waals surface area contributed by atoms with Gasteiger partial charge in [0.1, 0.15) is 5.82 Å². The Morgan fingerprint density at radius 2 is 1.67 bits per heavy atom. The van der Waals surface area contributed by atoms with Gasteiger partial charge >= 0.3 is 6.03 Å². The summed E-state index contributed by atoms with van der Waals surface area (Å²) in [5, 5.41) is 14.9. The number of anilines is 2. The van der Waals surface area contributed by atoms with Crippen LogP contribution < -0.4 is 10.2 Å². The van der Waals surface area contributed by atoms with Gasteiger partial charge in [-0.25, -0.2) is 13.9 Å². The zero-order chi connectivity index (χ0) is 20.5. The van der Waals surface area contributed by atoms with Crippen molar-refractivity contribution in [3.8, 4) is 11.4 Å². The molecular weight excluding hydrogens is 385 g/mol. The third-order valence-electron chi connectivity index (χ3n) is 5.54. The van der Waals surface area contributed by atoms with E-state index >= 15 is 0 Å². The van der Waals surface area contributed by atoms with E-state index in [-0.39, 0.29) is 11.8 Å². The molecule has 1 aliphatic heterocycles. The van der Waals surface area contributed by atoms with Crippen molar-refractivity contribution in [2.45, 2.75) is 18.9 Å². The zero-order valence-electron chi connectivity index (χ0n) is 16.4. The van der Waals surface area contributed by atoms with Crippen molar-refractivity contribution in [3.63, 3.8) is 0 Å². The van der Waals surface area contributed by atoms with Crippen molar-refractivity contribution in [1.29, 1.82) is 0 Å². The number of tetrazole rings is 1. The molecule has 2 heterocycles. The fourth-order valence-electron chi connectivity index (χ4n) is 3.67. The number of halogens is 1. The molecule has 2 fully saturated rings. The molecule has 0 atom stereocenters. The SMILES string of the molecule is O=C(Nc1ccc(-c2nnnn2C2CC2)cc1)N1CCN(c2ccc(F)cc2)CC1. The molecule has 3 aromatic rings. The number of nitrogens with zero attached hydrogens (tertiary/aromatic N) is 6. The van der Waals surface area contributed by atoms with Crippen molar-refractivity contribution < 1.29 is 9.18 Å². The summed E-state index contributed by atoms with van der Waals surface area (Å²) in [6.45, 7) is 2.64. The van der Waals surface area contributed by atoms with Gasteiger partial charge in [-0.15, -0.1) is 5.10 Å². The lowest BCUT2D eigenvalue weighted by atomic mass is 10.2. The number of benzene rings is 2. The Bertz CT molecular complexity index is 1020. The quantitative estimate of drug-likeness (QED) is 0.719. The molecule has 1 aliphatic carbocycles. The first-order valence-electron chi connectivity index (χ1n) is 10.1. The smallest absolute Gasteiger partial charge is 0.321 e. The maximum atomic E-state index is 13.1. The molecule has 0 radical (unpaired) electrons. The predicted octanol–water partition coefficient (Wildman–Crippen LogP) is 3.17. The van der Waals surface area contributed by atoms with Crippen molar-refractivity contribution in [3.05, 3.63) is 54.3 Å². The number of urea groups is 1. The molecular formula is C21H22FN7O. The van der Waals surface area contributed by atoms with Crippen molar-refractivity contribution in [1.82, 2.24) is 25.1 Å². The van der Waals surface area contributed by atoms with E-state index < -0.39 is 0 Å². The molecule has 2 aliphatic rings. The van der Waals surface area contributed by atoms with Gasteiger partial charge < -0.3 is 15.1 Å². The maximum absolute atomic E-state index is 13.1. The maximum Gasteiger partial charge on any atom is 0.321 e. The normalized spacial score (nSPS) is 16.6. The van der Waals surface area contributed by atoms with Gasteiger partial charge in [0.25, 0.3) is 0 Å². The largest absolute Gasteiger partial charge is 0.368 e. The second-order valence-corrected chi connectivity index (χ2v) is 7.64. The Labute approximate surface area is 173 Å². The molecule has 1 saturated heterocycles. The van der Waals surface area contributed by atoms with Gasteiger partial charge in [-0.3, -0.25) is 0 Å². The van der Waals surface area contributed by atoms with Gasteiger partial charge in [0.2, 0.25) is 0 Å². The molecule has 1 N–H and O–H groups in total. The highest BCUT2D eigenvalue weighted by Crippen LogP contribution is 2.36. The molecule has 30 heavy (non-hydrogen) atoms. The number of rotatable bonds is 4. The van der Waals surface area contributed by atoms with Crippen LogP contribution >= 0.6 is 0 Å². The van der Waals surface area contributed by atoms with Gasteiger partial charge in [-0.1, -0.05) is 0 Å². The van der Waals surface area contributed by atoms with Gasteiger partial charge in [-0.05, 0) is 71.8 Å². The first kappa shape index (κ1) is 18.5. The predicted molar refractivity (Wildman–Crippen MR) is 111 cm³/mol. The average molecular weight is 407 g/mol. The molecule has 0 unspecified atom stereocenters. The molecule has 8 nitrogen and oxygen atoms in total. The highest BCUT2D eigenvalue weighted by atomic mass is 19.1. The Morgan fingerprint density at radius 3 is 2.33 bits per heavy atom. The number of piperazine rings is 1. The Balaban J connectivity index is 1.18. The van der Waals surface area contributed by atoms with Gasteiger partial charge in [0.05, 0.1) is 6.04 Å². The Hall–Kier alpha value is -3.49. The number of aromatic nitrogens is 4. The summed E-state index contributed by atoms with van der Waals surface area (Å²) in [6, 6.07) is 14.3. The van der Waals surface area contributed by atoms with Crippen LogP contribution in [0.2, 0.25) is 0 Å². The summed E-state index contributed by atoms with van der Waals surface area (Å²) < 4.78 is 15.0. The van der Waals surface area contributed by atoms with Gasteiger partial charge in [0, 0.05) is 43.1 Å². The molecule has 1 saturated carbocycles. The van der Waals surface area contributed by atoms with Crippen LogP contribution in [0.15, 0.2) is 48.5 Å². The van der Waals surface area contributed by atoms with Crippen molar-refractivity contribution >= 4 is 17.4 Å². The van der Waals surface area contributed by atoms with Crippen molar-refractivity contribution in [2.75, 3.05) is 36.4 Å². The fraction of sp³-hybridized carbons (Fsp3) is 0.333. The summed E-state index contributed by atoms with van der Waals surface area (Å²) in [4.78, 5) is 16.6. The van der Waals surface area contributed by atoms with Gasteiger partial charge in [0.15, 0.2) is 5.82 Å². The molecule has 9 heteroatoms. The topological polar surface area (TPSA) is 79.2 Å². The molecule has 2 aromatic carbocycles. The van der Waals surface area contributed by atoms with E-state index in [1.807, 2.05) is 28.9 Å². The first-order chi connectivity index (χ1) is 14.7. The van der Waals surface area contributed by atoms with Crippen LogP contribution in [0.5, 0.6) is 0 Å². The summed E-state index contributed by atoms with van der Waals surface area (Å²) in [7, 11) is 0. The minimum atomic E-state index is -0.244. The van der Waals surface area contributed by atoms with Crippen LogP contribution in [0, 0.1) is 5.82 Å². The Kier molecular flexibility index (Phi) is 4.78. The number of amides is 2. The lowest BCUT2D eigenvalue weighted by molar-refractivity contribution is 0.208. The number of nitrogens with one attached hydrogen (secondary N) is 1. The van der Waals surface area contributed by atoms with E-state index in [1.165, 1.54) is 12.1 Å². The average Bonchev–Trinajstić information content (AvgIpc) is 3.51. The molecule has 154 valence electrons. The number of carbonyl (C=O) groups excluding carboxylic acids is 1. The number of carbonyl (C=O) groups is 1. The lowest BCUT2D eigenvalue weighted by Crippen LogP contribution is -2.50. The van der Waals surface area contributed by atoms with Crippen molar-refractivity contribution in [2.24, 2.45) is 0 Å². The van der Waals surface area contributed by atoms with Crippen LogP contribution in [-0.4, -0.2) is 57.3 Å². The van der Waals surface area contributed by atoms with E-state index in [4.69, 9.17) is 0 Å². The second-order valence-electron chi connectivity index (χ2n) is 7.64. The molecule has 5 rings (SSSR count). The summed E-state index contributed by atoms with van der Waals surface area (Å²) in [5.41, 5.74) is 2.63. The minimum Gasteiger partial charge on any atom is -0.368 e. The molecule has 0 bridgehead atoms. The van der Waals surface area contributed by atoms with Crippen LogP contribution in [-0.2, 0) is 0 Å². The van der Waals surface area contributed by atoms with E-state index in [0.717, 1.165) is 35.6 Å². The second kappa shape index (κ2) is 7.74. The third-order valence-corrected chi connectivity index (χ3v) is 5.54. The van der Waals surface area contributed by atoms with Crippen LogP contribution in [0.25, 0.3) is 11.4 Å². The highest BCUT2D eigenvalue weighted by Gasteiger charge is 2.28. The minimum absolute atomic E-state index is 0.121. The van der Waals surface area contributed by atoms with E-state index in [2.05, 4.69) is 25.7 Å². The van der Waals surface area contributed by atoms with Crippen LogP contribution in [0.1, 0.15) is 18.9 Å². The molecule has 2 amide bonds. The lowest BCUT2D eigenvalue weighted by Gasteiger charge is -2.36. The number of hydrogen-bond acceptors (Lipinski definition) is 5.